The van der Waals surface area contributed by atoms with Crippen molar-refractivity contribution >= 4 is 15.7 Å². The van der Waals surface area contributed by atoms with E-state index >= 15 is 0 Å². The van der Waals surface area contributed by atoms with Gasteiger partial charge in [0.15, 0.2) is 11.6 Å². The molecule has 1 aliphatic heterocycles. The maximum absolute atomic E-state index is 13.8. The molecule has 0 spiro atoms. The third-order valence-electron chi connectivity index (χ3n) is 3.15. The second-order valence-corrected chi connectivity index (χ2v) is 6.74. The molecule has 20 heavy (non-hydrogen) atoms. The van der Waals surface area contributed by atoms with Crippen LogP contribution in [-0.2, 0) is 14.8 Å². The molecule has 0 saturated carbocycles. The molecule has 8 heteroatoms. The highest BCUT2D eigenvalue weighted by molar-refractivity contribution is 7.89. The van der Waals surface area contributed by atoms with Crippen LogP contribution in [0, 0.1) is 11.6 Å². The molecular formula is C12H16F2N2O3S. The topological polar surface area (TPSA) is 72.6 Å². The van der Waals surface area contributed by atoms with Gasteiger partial charge in [0.1, 0.15) is 4.90 Å². The molecule has 1 saturated heterocycles. The maximum Gasteiger partial charge on any atom is 0.246 e. The molecule has 1 fully saturated rings. The van der Waals surface area contributed by atoms with Gasteiger partial charge in [0.2, 0.25) is 10.0 Å². The number of ether oxygens (including phenoxy) is 1. The summed E-state index contributed by atoms with van der Waals surface area (Å²) in [4.78, 5) is -0.740. The van der Waals surface area contributed by atoms with Crippen LogP contribution in [0.15, 0.2) is 17.0 Å². The number of nitrogen functional groups attached to an aromatic ring is 1. The highest BCUT2D eigenvalue weighted by Crippen LogP contribution is 2.27. The molecule has 0 aliphatic carbocycles. The first-order valence-corrected chi connectivity index (χ1v) is 7.55. The lowest BCUT2D eigenvalue weighted by Gasteiger charge is -2.35. The standard InChI is InChI=1S/C12H16F2N2O3S/c1-7-6-19-8(2)5-16(7)20(17,18)11-4-9(15)3-10(13)12(11)14/h3-4,7-8H,5-6,15H2,1-2H3. The van der Waals surface area contributed by atoms with Gasteiger partial charge in [-0.1, -0.05) is 0 Å². The van der Waals surface area contributed by atoms with Crippen LogP contribution in [0.1, 0.15) is 13.8 Å². The van der Waals surface area contributed by atoms with Gasteiger partial charge in [0, 0.05) is 18.3 Å². The fraction of sp³-hybridized carbons (Fsp3) is 0.500. The Morgan fingerprint density at radius 3 is 2.65 bits per heavy atom. The minimum Gasteiger partial charge on any atom is -0.399 e. The van der Waals surface area contributed by atoms with E-state index in [1.807, 2.05) is 0 Å². The Morgan fingerprint density at radius 1 is 1.35 bits per heavy atom. The number of halogens is 2. The zero-order valence-corrected chi connectivity index (χ0v) is 12.0. The minimum absolute atomic E-state index is 0.0827. The van der Waals surface area contributed by atoms with Gasteiger partial charge in [-0.05, 0) is 26.0 Å². The third kappa shape index (κ3) is 2.63. The summed E-state index contributed by atoms with van der Waals surface area (Å²) < 4.78 is 58.5. The van der Waals surface area contributed by atoms with E-state index in [1.165, 1.54) is 0 Å². The summed E-state index contributed by atoms with van der Waals surface area (Å²) in [6.07, 6.45) is -0.310. The van der Waals surface area contributed by atoms with Crippen molar-refractivity contribution in [3.63, 3.8) is 0 Å². The Hall–Kier alpha value is -1.25. The Bertz CT molecular complexity index is 621. The first-order valence-electron chi connectivity index (χ1n) is 6.11. The Labute approximate surface area is 116 Å². The molecule has 2 atom stereocenters. The van der Waals surface area contributed by atoms with Crippen LogP contribution in [0.4, 0.5) is 14.5 Å². The molecule has 0 radical (unpaired) electrons. The van der Waals surface area contributed by atoms with Crippen LogP contribution >= 0.6 is 0 Å². The summed E-state index contributed by atoms with van der Waals surface area (Å²) in [6.45, 7) is 3.64. The molecule has 2 rings (SSSR count). The highest BCUT2D eigenvalue weighted by Gasteiger charge is 2.36. The van der Waals surface area contributed by atoms with E-state index in [9.17, 15) is 17.2 Å². The van der Waals surface area contributed by atoms with E-state index in [0.717, 1.165) is 16.4 Å². The van der Waals surface area contributed by atoms with Crippen molar-refractivity contribution in [2.75, 3.05) is 18.9 Å². The first kappa shape index (κ1) is 15.1. The monoisotopic (exact) mass is 306 g/mol. The van der Waals surface area contributed by atoms with Gasteiger partial charge in [-0.15, -0.1) is 0 Å². The zero-order chi connectivity index (χ0) is 15.1. The maximum atomic E-state index is 13.8. The van der Waals surface area contributed by atoms with Gasteiger partial charge in [-0.25, -0.2) is 17.2 Å². The predicted molar refractivity (Wildman–Crippen MR) is 69.5 cm³/mol. The van der Waals surface area contributed by atoms with E-state index in [2.05, 4.69) is 0 Å². The largest absolute Gasteiger partial charge is 0.399 e. The molecule has 112 valence electrons. The predicted octanol–water partition coefficient (Wildman–Crippen LogP) is 1.34. The molecule has 0 aromatic heterocycles. The van der Waals surface area contributed by atoms with E-state index in [-0.39, 0.29) is 24.9 Å². The minimum atomic E-state index is -4.16. The van der Waals surface area contributed by atoms with Gasteiger partial charge in [-0.2, -0.15) is 4.31 Å². The second-order valence-electron chi connectivity index (χ2n) is 4.88. The van der Waals surface area contributed by atoms with E-state index in [0.29, 0.717) is 0 Å². The summed E-state index contributed by atoms with van der Waals surface area (Å²) in [5, 5.41) is 0. The lowest BCUT2D eigenvalue weighted by atomic mass is 10.2. The van der Waals surface area contributed by atoms with Crippen LogP contribution < -0.4 is 5.73 Å². The van der Waals surface area contributed by atoms with Crippen molar-refractivity contribution in [3.05, 3.63) is 23.8 Å². The number of morpholine rings is 1. The molecule has 1 heterocycles. The second kappa shape index (κ2) is 5.27. The number of benzene rings is 1. The number of anilines is 1. The van der Waals surface area contributed by atoms with Crippen LogP contribution in [-0.4, -0.2) is 38.0 Å². The molecule has 2 unspecified atom stereocenters. The summed E-state index contributed by atoms with van der Waals surface area (Å²) >= 11 is 0. The molecular weight excluding hydrogens is 290 g/mol. The number of hydrogen-bond acceptors (Lipinski definition) is 4. The van der Waals surface area contributed by atoms with Crippen molar-refractivity contribution in [2.45, 2.75) is 30.9 Å². The summed E-state index contributed by atoms with van der Waals surface area (Å²) in [7, 11) is -4.16. The Morgan fingerprint density at radius 2 is 2.00 bits per heavy atom. The lowest BCUT2D eigenvalue weighted by molar-refractivity contribution is -0.0171. The van der Waals surface area contributed by atoms with Crippen LogP contribution in [0.3, 0.4) is 0 Å². The van der Waals surface area contributed by atoms with Gasteiger partial charge >= 0.3 is 0 Å². The fourth-order valence-corrected chi connectivity index (χ4v) is 3.91. The molecule has 0 bridgehead atoms. The average Bonchev–Trinajstić information content (AvgIpc) is 2.36. The Kier molecular flexibility index (Phi) is 3.99. The zero-order valence-electron chi connectivity index (χ0n) is 11.1. The van der Waals surface area contributed by atoms with Crippen LogP contribution in [0.2, 0.25) is 0 Å². The van der Waals surface area contributed by atoms with E-state index in [1.54, 1.807) is 13.8 Å². The van der Waals surface area contributed by atoms with Gasteiger partial charge in [-0.3, -0.25) is 0 Å². The third-order valence-corrected chi connectivity index (χ3v) is 5.13. The molecule has 1 aliphatic rings. The van der Waals surface area contributed by atoms with Crippen LogP contribution in [0.25, 0.3) is 0 Å². The number of rotatable bonds is 2. The summed E-state index contributed by atoms with van der Waals surface area (Å²) in [6, 6.07) is 1.22. The fourth-order valence-electron chi connectivity index (χ4n) is 2.11. The average molecular weight is 306 g/mol. The van der Waals surface area contributed by atoms with Gasteiger partial charge < -0.3 is 10.5 Å². The summed E-state index contributed by atoms with van der Waals surface area (Å²) in [5.74, 6) is -2.69. The summed E-state index contributed by atoms with van der Waals surface area (Å²) in [5.41, 5.74) is 5.26. The number of sulfonamides is 1. The van der Waals surface area contributed by atoms with Crippen molar-refractivity contribution in [2.24, 2.45) is 0 Å². The first-order chi connectivity index (χ1) is 9.23. The number of hydrogen-bond donors (Lipinski definition) is 1. The van der Waals surface area contributed by atoms with Crippen molar-refractivity contribution in [1.82, 2.24) is 4.31 Å². The quantitative estimate of drug-likeness (QED) is 0.837. The highest BCUT2D eigenvalue weighted by atomic mass is 32.2. The van der Waals surface area contributed by atoms with E-state index in [4.69, 9.17) is 10.5 Å². The van der Waals surface area contributed by atoms with Crippen molar-refractivity contribution < 1.29 is 21.9 Å². The number of nitrogens with two attached hydrogens (primary N) is 1. The number of nitrogens with zero attached hydrogens (tertiary/aromatic N) is 1. The molecule has 5 nitrogen and oxygen atoms in total. The van der Waals surface area contributed by atoms with Gasteiger partial charge in [0.05, 0.1) is 12.7 Å². The molecule has 0 amide bonds. The normalized spacial score (nSPS) is 24.8. The smallest absolute Gasteiger partial charge is 0.246 e. The van der Waals surface area contributed by atoms with Crippen molar-refractivity contribution in [1.29, 1.82) is 0 Å². The lowest BCUT2D eigenvalue weighted by Crippen LogP contribution is -2.50. The molecule has 1 aromatic carbocycles. The van der Waals surface area contributed by atoms with Crippen molar-refractivity contribution in [3.8, 4) is 0 Å². The SMILES string of the molecule is CC1CN(S(=O)(=O)c2cc(N)cc(F)c2F)C(C)CO1. The van der Waals surface area contributed by atoms with Crippen LogP contribution in [0.5, 0.6) is 0 Å². The molecule has 1 aromatic rings. The Balaban J connectivity index is 2.50. The molecule has 2 N–H and O–H groups in total. The van der Waals surface area contributed by atoms with E-state index < -0.39 is 32.6 Å². The van der Waals surface area contributed by atoms with Gasteiger partial charge in [0.25, 0.3) is 0 Å².